The standard InChI is InChI=1S/C8H6N4O4/c1-4(7-10-8(9)16-11-7)5-2-3-6(15-5)12(13)14/h2-3H,1H2,(H2,9,10,11). The highest BCUT2D eigenvalue weighted by atomic mass is 16.6. The Morgan fingerprint density at radius 2 is 2.31 bits per heavy atom. The van der Waals surface area contributed by atoms with Gasteiger partial charge in [-0.3, -0.25) is 10.1 Å². The van der Waals surface area contributed by atoms with E-state index in [2.05, 4.69) is 21.2 Å². The smallest absolute Gasteiger partial charge is 0.401 e. The predicted molar refractivity (Wildman–Crippen MR) is 52.2 cm³/mol. The summed E-state index contributed by atoms with van der Waals surface area (Å²) in [4.78, 5) is 13.5. The van der Waals surface area contributed by atoms with Gasteiger partial charge in [-0.25, -0.2) is 0 Å². The quantitative estimate of drug-likeness (QED) is 0.611. The lowest BCUT2D eigenvalue weighted by Crippen LogP contribution is -1.88. The van der Waals surface area contributed by atoms with Gasteiger partial charge in [-0.2, -0.15) is 4.98 Å². The number of nitro groups is 1. The SMILES string of the molecule is C=C(c1noc(N)n1)c1ccc([N+](=O)[O-])o1. The monoisotopic (exact) mass is 222 g/mol. The minimum absolute atomic E-state index is 0.114. The van der Waals surface area contributed by atoms with Crippen LogP contribution in [0.15, 0.2) is 27.7 Å². The number of aromatic nitrogens is 2. The number of rotatable bonds is 3. The number of furan rings is 1. The summed E-state index contributed by atoms with van der Waals surface area (Å²) in [7, 11) is 0. The normalized spacial score (nSPS) is 10.2. The number of nitrogen functional groups attached to an aromatic ring is 1. The molecule has 8 nitrogen and oxygen atoms in total. The number of nitrogens with zero attached hydrogens (tertiary/aromatic N) is 3. The van der Waals surface area contributed by atoms with Crippen molar-refractivity contribution >= 4 is 17.5 Å². The van der Waals surface area contributed by atoms with Crippen LogP contribution in [-0.4, -0.2) is 15.1 Å². The van der Waals surface area contributed by atoms with Crippen molar-refractivity contribution in [3.8, 4) is 0 Å². The molecule has 0 aliphatic carbocycles. The van der Waals surface area contributed by atoms with E-state index in [1.54, 1.807) is 0 Å². The first-order valence-electron chi connectivity index (χ1n) is 4.11. The summed E-state index contributed by atoms with van der Waals surface area (Å²) in [6.07, 6.45) is 0. The summed E-state index contributed by atoms with van der Waals surface area (Å²) in [6.45, 7) is 3.62. The van der Waals surface area contributed by atoms with E-state index >= 15 is 0 Å². The molecule has 2 heterocycles. The molecule has 0 aliphatic rings. The van der Waals surface area contributed by atoms with Gasteiger partial charge in [-0.1, -0.05) is 11.7 Å². The topological polar surface area (TPSA) is 121 Å². The lowest BCUT2D eigenvalue weighted by Gasteiger charge is -1.92. The van der Waals surface area contributed by atoms with Crippen molar-refractivity contribution in [2.24, 2.45) is 0 Å². The highest BCUT2D eigenvalue weighted by molar-refractivity contribution is 5.71. The number of anilines is 1. The Balaban J connectivity index is 2.30. The Morgan fingerprint density at radius 3 is 2.81 bits per heavy atom. The van der Waals surface area contributed by atoms with Crippen molar-refractivity contribution in [2.45, 2.75) is 0 Å². The third-order valence-electron chi connectivity index (χ3n) is 1.78. The van der Waals surface area contributed by atoms with E-state index in [9.17, 15) is 10.1 Å². The van der Waals surface area contributed by atoms with Crippen molar-refractivity contribution in [1.29, 1.82) is 0 Å². The van der Waals surface area contributed by atoms with E-state index in [0.29, 0.717) is 0 Å². The Bertz CT molecular complexity index is 556. The maximum absolute atomic E-state index is 10.4. The van der Waals surface area contributed by atoms with Crippen molar-refractivity contribution in [3.05, 3.63) is 40.4 Å². The van der Waals surface area contributed by atoms with Gasteiger partial charge in [0, 0.05) is 0 Å². The van der Waals surface area contributed by atoms with Crippen LogP contribution in [0, 0.1) is 10.1 Å². The molecule has 16 heavy (non-hydrogen) atoms. The molecule has 0 aliphatic heterocycles. The van der Waals surface area contributed by atoms with Gasteiger partial charge in [-0.15, -0.1) is 0 Å². The second kappa shape index (κ2) is 3.50. The van der Waals surface area contributed by atoms with Crippen molar-refractivity contribution < 1.29 is 13.9 Å². The second-order valence-electron chi connectivity index (χ2n) is 2.83. The molecule has 0 saturated carbocycles. The molecule has 2 rings (SSSR count). The summed E-state index contributed by atoms with van der Waals surface area (Å²) < 4.78 is 9.45. The first-order valence-corrected chi connectivity index (χ1v) is 4.11. The molecule has 0 fully saturated rings. The van der Waals surface area contributed by atoms with Gasteiger partial charge in [0.2, 0.25) is 5.82 Å². The number of hydrogen-bond acceptors (Lipinski definition) is 7. The minimum atomic E-state index is -0.651. The molecule has 2 aromatic rings. The third kappa shape index (κ3) is 1.63. The van der Waals surface area contributed by atoms with Gasteiger partial charge in [0.15, 0.2) is 0 Å². The van der Waals surface area contributed by atoms with Crippen LogP contribution in [0.4, 0.5) is 11.9 Å². The summed E-state index contributed by atoms with van der Waals surface area (Å²) >= 11 is 0. The number of hydrogen-bond donors (Lipinski definition) is 1. The first-order chi connectivity index (χ1) is 7.58. The Kier molecular flexibility index (Phi) is 2.16. The van der Waals surface area contributed by atoms with E-state index < -0.39 is 4.92 Å². The van der Waals surface area contributed by atoms with E-state index in [1.165, 1.54) is 12.1 Å². The summed E-state index contributed by atoms with van der Waals surface area (Å²) in [5.41, 5.74) is 5.49. The molecule has 0 atom stereocenters. The molecule has 0 spiro atoms. The summed E-state index contributed by atoms with van der Waals surface area (Å²) in [5.74, 6) is -0.0677. The van der Waals surface area contributed by atoms with Crippen LogP contribution in [0.3, 0.4) is 0 Å². The third-order valence-corrected chi connectivity index (χ3v) is 1.78. The predicted octanol–water partition coefficient (Wildman–Crippen LogP) is 1.21. The largest absolute Gasteiger partial charge is 0.433 e. The van der Waals surface area contributed by atoms with Crippen LogP contribution in [0.25, 0.3) is 5.57 Å². The lowest BCUT2D eigenvalue weighted by atomic mass is 10.2. The van der Waals surface area contributed by atoms with Crippen molar-refractivity contribution in [3.63, 3.8) is 0 Å². The summed E-state index contributed by atoms with van der Waals surface area (Å²) in [5, 5.41) is 13.9. The van der Waals surface area contributed by atoms with Crippen LogP contribution in [0.5, 0.6) is 0 Å². The van der Waals surface area contributed by atoms with Gasteiger partial charge in [0.05, 0.1) is 11.6 Å². The van der Waals surface area contributed by atoms with Gasteiger partial charge < -0.3 is 14.7 Å². The molecule has 0 unspecified atom stereocenters. The van der Waals surface area contributed by atoms with Crippen LogP contribution >= 0.6 is 0 Å². The molecule has 82 valence electrons. The fourth-order valence-electron chi connectivity index (χ4n) is 1.06. The van der Waals surface area contributed by atoms with Crippen LogP contribution in [0.2, 0.25) is 0 Å². The van der Waals surface area contributed by atoms with E-state index in [4.69, 9.17) is 10.2 Å². The van der Waals surface area contributed by atoms with E-state index in [0.717, 1.165) is 0 Å². The molecule has 0 saturated heterocycles. The Hall–Kier alpha value is -2.64. The Labute approximate surface area is 88.5 Å². The molecular formula is C8H6N4O4. The van der Waals surface area contributed by atoms with Gasteiger partial charge in [0.25, 0.3) is 0 Å². The molecule has 8 heteroatoms. The fourth-order valence-corrected chi connectivity index (χ4v) is 1.06. The zero-order valence-electron chi connectivity index (χ0n) is 7.91. The maximum Gasteiger partial charge on any atom is 0.433 e. The number of nitrogens with two attached hydrogens (primary N) is 1. The molecular weight excluding hydrogens is 216 g/mol. The van der Waals surface area contributed by atoms with E-state index in [-0.39, 0.29) is 29.1 Å². The average molecular weight is 222 g/mol. The lowest BCUT2D eigenvalue weighted by molar-refractivity contribution is -0.402. The minimum Gasteiger partial charge on any atom is -0.401 e. The molecule has 0 bridgehead atoms. The van der Waals surface area contributed by atoms with Gasteiger partial charge in [-0.05, 0) is 6.07 Å². The summed E-state index contributed by atoms with van der Waals surface area (Å²) in [6, 6.07) is 2.49. The Morgan fingerprint density at radius 1 is 1.56 bits per heavy atom. The molecule has 2 N–H and O–H groups in total. The molecule has 0 amide bonds. The zero-order chi connectivity index (χ0) is 11.7. The van der Waals surface area contributed by atoms with Gasteiger partial charge in [0.1, 0.15) is 10.7 Å². The zero-order valence-corrected chi connectivity index (χ0v) is 7.91. The van der Waals surface area contributed by atoms with Crippen LogP contribution in [-0.2, 0) is 0 Å². The first kappa shape index (κ1) is 9.90. The highest BCUT2D eigenvalue weighted by Crippen LogP contribution is 2.24. The van der Waals surface area contributed by atoms with E-state index in [1.807, 2.05) is 0 Å². The van der Waals surface area contributed by atoms with Crippen molar-refractivity contribution in [2.75, 3.05) is 5.73 Å². The van der Waals surface area contributed by atoms with Crippen molar-refractivity contribution in [1.82, 2.24) is 10.1 Å². The van der Waals surface area contributed by atoms with Crippen LogP contribution < -0.4 is 5.73 Å². The maximum atomic E-state index is 10.4. The van der Waals surface area contributed by atoms with Gasteiger partial charge >= 0.3 is 11.9 Å². The van der Waals surface area contributed by atoms with Crippen LogP contribution in [0.1, 0.15) is 11.6 Å². The fraction of sp³-hybridized carbons (Fsp3) is 0. The average Bonchev–Trinajstić information content (AvgIpc) is 2.84. The molecule has 0 aromatic carbocycles. The molecule has 0 radical (unpaired) electrons. The second-order valence-corrected chi connectivity index (χ2v) is 2.83. The highest BCUT2D eigenvalue weighted by Gasteiger charge is 2.17. The molecule has 2 aromatic heterocycles.